The number of thiazole rings is 1. The summed E-state index contributed by atoms with van der Waals surface area (Å²) >= 11 is 1.18. The summed E-state index contributed by atoms with van der Waals surface area (Å²) in [6, 6.07) is 11.1. The minimum Gasteiger partial charge on any atom is -0.496 e. The molecule has 0 saturated carbocycles. The Morgan fingerprint density at radius 3 is 2.66 bits per heavy atom. The van der Waals surface area contributed by atoms with E-state index in [1.165, 1.54) is 40.0 Å². The van der Waals surface area contributed by atoms with E-state index in [0.717, 1.165) is 31.9 Å². The fourth-order valence-corrected chi connectivity index (χ4v) is 6.35. The van der Waals surface area contributed by atoms with Gasteiger partial charge < -0.3 is 19.3 Å². The van der Waals surface area contributed by atoms with Gasteiger partial charge in [0.25, 0.3) is 11.2 Å². The van der Waals surface area contributed by atoms with E-state index in [1.54, 1.807) is 32.1 Å². The van der Waals surface area contributed by atoms with Crippen LogP contribution in [0, 0.1) is 10.1 Å². The molecule has 12 heteroatoms. The van der Waals surface area contributed by atoms with Gasteiger partial charge in [-0.25, -0.2) is 9.79 Å². The summed E-state index contributed by atoms with van der Waals surface area (Å²) in [5.41, 5.74) is 2.32. The van der Waals surface area contributed by atoms with Crippen molar-refractivity contribution in [1.82, 2.24) is 4.57 Å². The van der Waals surface area contributed by atoms with Gasteiger partial charge in [0.1, 0.15) is 11.8 Å². The number of allylic oxidation sites excluding steroid dienone is 1. The molecule has 1 atom stereocenters. The summed E-state index contributed by atoms with van der Waals surface area (Å²) in [4.78, 5) is 47.1. The second-order valence-electron chi connectivity index (χ2n) is 9.99. The third-order valence-corrected chi connectivity index (χ3v) is 8.40. The van der Waals surface area contributed by atoms with Crippen LogP contribution in [0.1, 0.15) is 31.0 Å². The molecule has 3 aromatic rings. The summed E-state index contributed by atoms with van der Waals surface area (Å²) in [6.45, 7) is 7.07. The van der Waals surface area contributed by atoms with Crippen LogP contribution in [0.5, 0.6) is 5.75 Å². The van der Waals surface area contributed by atoms with Crippen LogP contribution in [0.2, 0.25) is 0 Å². The molecule has 0 radical (unpaired) electrons. The molecule has 0 unspecified atom stereocenters. The van der Waals surface area contributed by atoms with Crippen molar-refractivity contribution >= 4 is 34.8 Å². The number of nitrogens with zero attached hydrogens (tertiary/aromatic N) is 4. The number of para-hydroxylation sites is 1. The van der Waals surface area contributed by atoms with Crippen LogP contribution in [-0.2, 0) is 9.53 Å². The van der Waals surface area contributed by atoms with E-state index < -0.39 is 16.9 Å². The van der Waals surface area contributed by atoms with Crippen LogP contribution in [0.4, 0.5) is 11.4 Å². The number of benzene rings is 2. The number of nitro groups is 1. The minimum atomic E-state index is -0.825. The molecule has 41 heavy (non-hydrogen) atoms. The smallest absolute Gasteiger partial charge is 0.338 e. The summed E-state index contributed by atoms with van der Waals surface area (Å²) in [5.74, 6) is -0.0427. The number of carbonyl (C=O) groups excluding carboxylic acids is 1. The van der Waals surface area contributed by atoms with Crippen molar-refractivity contribution in [2.24, 2.45) is 4.99 Å². The number of fused-ring (bicyclic) bond motifs is 1. The lowest BCUT2D eigenvalue weighted by molar-refractivity contribution is -0.880. The van der Waals surface area contributed by atoms with E-state index in [1.807, 2.05) is 18.2 Å². The molecule has 0 aliphatic carbocycles. The number of nitro benzene ring substituents is 1. The molecule has 11 nitrogen and oxygen atoms in total. The lowest BCUT2D eigenvalue weighted by Crippen LogP contribution is -3.12. The third kappa shape index (κ3) is 5.40. The van der Waals surface area contributed by atoms with E-state index >= 15 is 0 Å². The van der Waals surface area contributed by atoms with Crippen LogP contribution in [-0.4, -0.2) is 62.4 Å². The van der Waals surface area contributed by atoms with E-state index in [9.17, 15) is 19.7 Å². The SMILES string of the molecule is CCOC(=O)C1=C(C)N=c2s/c(=C/c3cc([N+](=O)[O-])ccc3N3CC[NH+](C)CC3)c(=O)n2[C@H]1c1ccccc1OC. The molecule has 0 spiro atoms. The zero-order valence-electron chi connectivity index (χ0n) is 23.4. The predicted octanol–water partition coefficient (Wildman–Crippen LogP) is 1.05. The first-order valence-corrected chi connectivity index (χ1v) is 14.2. The highest BCUT2D eigenvalue weighted by Crippen LogP contribution is 2.35. The van der Waals surface area contributed by atoms with E-state index in [0.29, 0.717) is 31.9 Å². The van der Waals surface area contributed by atoms with E-state index in [-0.39, 0.29) is 23.4 Å². The Labute approximate surface area is 240 Å². The average molecular weight is 579 g/mol. The van der Waals surface area contributed by atoms with E-state index in [2.05, 4.69) is 16.9 Å². The van der Waals surface area contributed by atoms with Crippen molar-refractivity contribution in [1.29, 1.82) is 0 Å². The Hall–Kier alpha value is -4.29. The molecule has 2 aliphatic rings. The minimum absolute atomic E-state index is 0.0557. The second kappa shape index (κ2) is 11.7. The molecule has 3 heterocycles. The number of quaternary nitrogens is 1. The van der Waals surface area contributed by atoms with Crippen LogP contribution in [0.3, 0.4) is 0 Å². The molecule has 1 fully saturated rings. The van der Waals surface area contributed by atoms with Crippen molar-refractivity contribution < 1.29 is 24.1 Å². The van der Waals surface area contributed by atoms with Crippen molar-refractivity contribution in [2.75, 3.05) is 51.8 Å². The second-order valence-corrected chi connectivity index (χ2v) is 11.0. The zero-order valence-corrected chi connectivity index (χ0v) is 24.2. The molecular formula is C29H32N5O6S+. The van der Waals surface area contributed by atoms with Crippen molar-refractivity contribution in [3.63, 3.8) is 0 Å². The van der Waals surface area contributed by atoms with Gasteiger partial charge in [0, 0.05) is 28.9 Å². The lowest BCUT2D eigenvalue weighted by Gasteiger charge is -2.32. The number of ether oxygens (including phenoxy) is 2. The van der Waals surface area contributed by atoms with Crippen LogP contribution in [0.25, 0.3) is 6.08 Å². The Kier molecular flexibility index (Phi) is 8.04. The Balaban J connectivity index is 1.72. The van der Waals surface area contributed by atoms with Crippen LogP contribution >= 0.6 is 11.3 Å². The first-order chi connectivity index (χ1) is 19.7. The number of hydrogen-bond donors (Lipinski definition) is 1. The molecule has 1 N–H and O–H groups in total. The molecule has 1 saturated heterocycles. The molecule has 1 aromatic heterocycles. The topological polar surface area (TPSA) is 121 Å². The number of non-ortho nitro benzene ring substituents is 1. The number of esters is 1. The van der Waals surface area contributed by atoms with Crippen molar-refractivity contribution in [2.45, 2.75) is 19.9 Å². The number of hydrogen-bond acceptors (Lipinski definition) is 9. The van der Waals surface area contributed by atoms with Crippen molar-refractivity contribution in [3.8, 4) is 5.75 Å². The average Bonchev–Trinajstić information content (AvgIpc) is 3.26. The number of aromatic nitrogens is 1. The highest BCUT2D eigenvalue weighted by atomic mass is 32.1. The highest BCUT2D eigenvalue weighted by molar-refractivity contribution is 7.07. The van der Waals surface area contributed by atoms with Gasteiger partial charge in [-0.1, -0.05) is 29.5 Å². The number of carbonyl (C=O) groups is 1. The van der Waals surface area contributed by atoms with Gasteiger partial charge in [-0.15, -0.1) is 0 Å². The molecular weight excluding hydrogens is 546 g/mol. The number of rotatable bonds is 7. The number of nitrogens with one attached hydrogen (secondary N) is 1. The Morgan fingerprint density at radius 2 is 1.98 bits per heavy atom. The summed E-state index contributed by atoms with van der Waals surface area (Å²) in [7, 11) is 3.67. The Morgan fingerprint density at radius 1 is 1.24 bits per heavy atom. The standard InChI is InChI=1S/C29H31N5O6S/c1-5-40-28(36)25-18(2)30-29-33(26(25)21-8-6-7-9-23(21)39-4)27(35)24(41-29)17-19-16-20(34(37)38)10-11-22(19)32-14-12-31(3)13-15-32/h6-11,16-17,26H,5,12-15H2,1-4H3/p+1/b24-17+/t26-/m0/s1. The molecule has 0 bridgehead atoms. The number of methoxy groups -OCH3 is 1. The first-order valence-electron chi connectivity index (χ1n) is 13.4. The van der Waals surface area contributed by atoms with Gasteiger partial charge >= 0.3 is 5.97 Å². The summed E-state index contributed by atoms with van der Waals surface area (Å²) < 4.78 is 12.8. The maximum atomic E-state index is 14.1. The van der Waals surface area contributed by atoms with Gasteiger partial charge in [-0.05, 0) is 32.1 Å². The Bertz CT molecular complexity index is 1720. The fraction of sp³-hybridized carbons (Fsp3) is 0.345. The quantitative estimate of drug-likeness (QED) is 0.253. The summed E-state index contributed by atoms with van der Waals surface area (Å²) in [5, 5.41) is 11.6. The third-order valence-electron chi connectivity index (χ3n) is 7.42. The number of likely N-dealkylation sites (N-methyl/N-ethyl adjacent to an activating group) is 1. The maximum absolute atomic E-state index is 14.1. The zero-order chi connectivity index (χ0) is 29.3. The molecule has 214 valence electrons. The maximum Gasteiger partial charge on any atom is 0.338 e. The normalized spacial score (nSPS) is 17.7. The van der Waals surface area contributed by atoms with E-state index in [4.69, 9.17) is 9.47 Å². The monoisotopic (exact) mass is 578 g/mol. The van der Waals surface area contributed by atoms with Gasteiger partial charge in [-0.2, -0.15) is 0 Å². The molecule has 5 rings (SSSR count). The van der Waals surface area contributed by atoms with Crippen LogP contribution < -0.4 is 29.4 Å². The highest BCUT2D eigenvalue weighted by Gasteiger charge is 2.35. The van der Waals surface area contributed by atoms with Gasteiger partial charge in [0.05, 0.1) is 67.7 Å². The fourth-order valence-electron chi connectivity index (χ4n) is 5.31. The largest absolute Gasteiger partial charge is 0.496 e. The molecule has 2 aromatic carbocycles. The van der Waals surface area contributed by atoms with Gasteiger partial charge in [0.15, 0.2) is 4.80 Å². The lowest BCUT2D eigenvalue weighted by atomic mass is 9.95. The first kappa shape index (κ1) is 28.2. The molecule has 0 amide bonds. The van der Waals surface area contributed by atoms with Crippen LogP contribution in [0.15, 0.2) is 63.5 Å². The molecule has 2 aliphatic heterocycles. The summed E-state index contributed by atoms with van der Waals surface area (Å²) in [6.07, 6.45) is 1.69. The number of piperazine rings is 1. The number of anilines is 1. The van der Waals surface area contributed by atoms with Gasteiger partial charge in [0.2, 0.25) is 0 Å². The van der Waals surface area contributed by atoms with Crippen molar-refractivity contribution in [3.05, 3.63) is 94.7 Å². The van der Waals surface area contributed by atoms with Gasteiger partial charge in [-0.3, -0.25) is 19.5 Å². The predicted molar refractivity (Wildman–Crippen MR) is 155 cm³/mol.